The van der Waals surface area contributed by atoms with Crippen molar-refractivity contribution >= 4 is 17.8 Å². The Kier molecular flexibility index (Phi) is 7.50. The van der Waals surface area contributed by atoms with Crippen LogP contribution in [0.2, 0.25) is 0 Å². The molecule has 0 unspecified atom stereocenters. The standard InChI is InChI=1S/C27H30N4O4/c1-30-18-21(9-16-25(30)32)20-7-10-22(11-8-20)31(23-12-14-24(15-13-23)35-26(28)33)27(34)29-17-19-5-3-2-4-6-19/h2-11,16,18,23-24H,12-15,17H2,1H3,(H2,28,33)(H,29,34)/t23-,24-. The fourth-order valence-corrected chi connectivity index (χ4v) is 4.52. The molecule has 0 radical (unpaired) electrons. The summed E-state index contributed by atoms with van der Waals surface area (Å²) in [4.78, 5) is 38.0. The van der Waals surface area contributed by atoms with Crippen molar-refractivity contribution in [1.29, 1.82) is 0 Å². The molecule has 0 spiro atoms. The number of carbonyl (C=O) groups excluding carboxylic acids is 2. The van der Waals surface area contributed by atoms with Crippen LogP contribution in [0.5, 0.6) is 0 Å². The Bertz CT molecular complexity index is 1220. The summed E-state index contributed by atoms with van der Waals surface area (Å²) in [6.07, 6.45) is 3.49. The Balaban J connectivity index is 1.54. The van der Waals surface area contributed by atoms with Gasteiger partial charge in [0, 0.05) is 37.6 Å². The number of urea groups is 1. The van der Waals surface area contributed by atoms with E-state index >= 15 is 0 Å². The maximum Gasteiger partial charge on any atom is 0.404 e. The van der Waals surface area contributed by atoms with Gasteiger partial charge in [-0.1, -0.05) is 42.5 Å². The first-order valence-electron chi connectivity index (χ1n) is 11.7. The van der Waals surface area contributed by atoms with E-state index in [1.54, 1.807) is 34.8 Å². The number of primary amides is 1. The molecule has 0 atom stereocenters. The van der Waals surface area contributed by atoms with Crippen molar-refractivity contribution in [2.75, 3.05) is 4.90 Å². The number of ether oxygens (including phenoxy) is 1. The summed E-state index contributed by atoms with van der Waals surface area (Å²) in [5.74, 6) is 0. The zero-order valence-electron chi connectivity index (χ0n) is 19.7. The van der Waals surface area contributed by atoms with E-state index in [0.717, 1.165) is 22.4 Å². The molecule has 182 valence electrons. The van der Waals surface area contributed by atoms with E-state index in [1.165, 1.54) is 0 Å². The quantitative estimate of drug-likeness (QED) is 0.559. The largest absolute Gasteiger partial charge is 0.446 e. The number of pyridine rings is 1. The third-order valence-electron chi connectivity index (χ3n) is 6.36. The van der Waals surface area contributed by atoms with Crippen LogP contribution in [0.1, 0.15) is 31.2 Å². The third kappa shape index (κ3) is 6.09. The number of anilines is 1. The highest BCUT2D eigenvalue weighted by atomic mass is 16.6. The van der Waals surface area contributed by atoms with E-state index in [4.69, 9.17) is 10.5 Å². The van der Waals surface area contributed by atoms with E-state index in [1.807, 2.05) is 54.6 Å². The smallest absolute Gasteiger partial charge is 0.404 e. The van der Waals surface area contributed by atoms with Crippen molar-refractivity contribution in [1.82, 2.24) is 9.88 Å². The molecule has 8 heteroatoms. The third-order valence-corrected chi connectivity index (χ3v) is 6.36. The van der Waals surface area contributed by atoms with Gasteiger partial charge in [-0.15, -0.1) is 0 Å². The number of nitrogens with two attached hydrogens (primary N) is 1. The number of hydrogen-bond acceptors (Lipinski definition) is 4. The highest BCUT2D eigenvalue weighted by Crippen LogP contribution is 2.30. The lowest BCUT2D eigenvalue weighted by Crippen LogP contribution is -2.48. The van der Waals surface area contributed by atoms with Gasteiger partial charge >= 0.3 is 12.1 Å². The molecule has 1 aliphatic carbocycles. The minimum Gasteiger partial charge on any atom is -0.446 e. The first-order chi connectivity index (χ1) is 16.9. The fraction of sp³-hybridized carbons (Fsp3) is 0.296. The van der Waals surface area contributed by atoms with Gasteiger partial charge in [0.2, 0.25) is 5.56 Å². The van der Waals surface area contributed by atoms with Gasteiger partial charge in [0.05, 0.1) is 0 Å². The maximum absolute atomic E-state index is 13.4. The summed E-state index contributed by atoms with van der Waals surface area (Å²) in [6, 6.07) is 20.6. The van der Waals surface area contributed by atoms with Crippen molar-refractivity contribution in [2.45, 2.75) is 44.4 Å². The van der Waals surface area contributed by atoms with Gasteiger partial charge in [0.15, 0.2) is 0 Å². The molecular formula is C27H30N4O4. The highest BCUT2D eigenvalue weighted by molar-refractivity contribution is 5.93. The second kappa shape index (κ2) is 10.9. The molecule has 4 rings (SSSR count). The molecule has 1 fully saturated rings. The lowest BCUT2D eigenvalue weighted by atomic mass is 9.91. The molecule has 1 saturated carbocycles. The van der Waals surface area contributed by atoms with Gasteiger partial charge < -0.3 is 20.4 Å². The Morgan fingerprint density at radius 1 is 0.971 bits per heavy atom. The molecule has 3 amide bonds. The van der Waals surface area contributed by atoms with Crippen LogP contribution in [0, 0.1) is 0 Å². The Labute approximate surface area is 204 Å². The van der Waals surface area contributed by atoms with Gasteiger partial charge in [-0.2, -0.15) is 0 Å². The molecule has 1 heterocycles. The molecule has 0 bridgehead atoms. The van der Waals surface area contributed by atoms with E-state index in [-0.39, 0.29) is 23.7 Å². The predicted octanol–water partition coefficient (Wildman–Crippen LogP) is 4.18. The van der Waals surface area contributed by atoms with Crippen molar-refractivity contribution in [3.63, 3.8) is 0 Å². The summed E-state index contributed by atoms with van der Waals surface area (Å²) in [5, 5.41) is 3.04. The summed E-state index contributed by atoms with van der Waals surface area (Å²) >= 11 is 0. The molecule has 0 aliphatic heterocycles. The van der Waals surface area contributed by atoms with E-state index in [2.05, 4.69) is 5.32 Å². The van der Waals surface area contributed by atoms with Crippen molar-refractivity contribution in [3.05, 3.63) is 88.8 Å². The van der Waals surface area contributed by atoms with Gasteiger partial charge in [0.25, 0.3) is 0 Å². The molecule has 35 heavy (non-hydrogen) atoms. The van der Waals surface area contributed by atoms with Crippen molar-refractivity contribution < 1.29 is 14.3 Å². The number of amides is 3. The summed E-state index contributed by atoms with van der Waals surface area (Å²) in [6.45, 7) is 0.423. The SMILES string of the molecule is Cn1cc(-c2ccc(N(C(=O)NCc3ccccc3)[C@H]3CC[C@H](OC(N)=O)CC3)cc2)ccc1=O. The zero-order chi connectivity index (χ0) is 24.8. The van der Waals surface area contributed by atoms with E-state index in [9.17, 15) is 14.4 Å². The minimum absolute atomic E-state index is 0.0399. The number of benzene rings is 2. The second-order valence-electron chi connectivity index (χ2n) is 8.80. The number of nitrogens with zero attached hydrogens (tertiary/aromatic N) is 2. The van der Waals surface area contributed by atoms with E-state index in [0.29, 0.717) is 32.2 Å². The minimum atomic E-state index is -0.764. The average molecular weight is 475 g/mol. The van der Waals surface area contributed by atoms with Crippen molar-refractivity contribution in [3.8, 4) is 11.1 Å². The Hall–Kier alpha value is -4.07. The van der Waals surface area contributed by atoms with Crippen LogP contribution in [0.25, 0.3) is 11.1 Å². The van der Waals surface area contributed by atoms with Crippen molar-refractivity contribution in [2.24, 2.45) is 12.8 Å². The number of carbonyl (C=O) groups is 2. The summed E-state index contributed by atoms with van der Waals surface area (Å²) < 4.78 is 6.71. The monoisotopic (exact) mass is 474 g/mol. The summed E-state index contributed by atoms with van der Waals surface area (Å²) in [7, 11) is 1.72. The van der Waals surface area contributed by atoms with Gasteiger partial charge in [0.1, 0.15) is 6.10 Å². The number of aryl methyl sites for hydroxylation is 1. The Morgan fingerprint density at radius 2 is 1.63 bits per heavy atom. The molecule has 0 saturated heterocycles. The van der Waals surface area contributed by atoms with Gasteiger partial charge in [-0.05, 0) is 60.6 Å². The van der Waals surface area contributed by atoms with Crippen LogP contribution >= 0.6 is 0 Å². The number of aromatic nitrogens is 1. The zero-order valence-corrected chi connectivity index (χ0v) is 19.7. The van der Waals surface area contributed by atoms with Crippen LogP contribution in [0.3, 0.4) is 0 Å². The number of rotatable bonds is 6. The van der Waals surface area contributed by atoms with Crippen LogP contribution in [-0.2, 0) is 18.3 Å². The molecule has 2 aromatic carbocycles. The number of nitrogens with one attached hydrogen (secondary N) is 1. The molecule has 1 aromatic heterocycles. The average Bonchev–Trinajstić information content (AvgIpc) is 2.86. The Morgan fingerprint density at radius 3 is 2.26 bits per heavy atom. The lowest BCUT2D eigenvalue weighted by Gasteiger charge is -2.36. The second-order valence-corrected chi connectivity index (χ2v) is 8.80. The van der Waals surface area contributed by atoms with E-state index < -0.39 is 6.09 Å². The number of hydrogen-bond donors (Lipinski definition) is 2. The first kappa shape index (κ1) is 24.1. The molecule has 3 aromatic rings. The first-order valence-corrected chi connectivity index (χ1v) is 11.7. The topological polar surface area (TPSA) is 107 Å². The molecule has 3 N–H and O–H groups in total. The van der Waals surface area contributed by atoms with Gasteiger partial charge in [-0.3, -0.25) is 9.69 Å². The molecule has 8 nitrogen and oxygen atoms in total. The fourth-order valence-electron chi connectivity index (χ4n) is 4.52. The molecule has 1 aliphatic rings. The highest BCUT2D eigenvalue weighted by Gasteiger charge is 2.31. The van der Waals surface area contributed by atoms with Crippen LogP contribution < -0.4 is 21.5 Å². The van der Waals surface area contributed by atoms with Gasteiger partial charge in [-0.25, -0.2) is 9.59 Å². The van der Waals surface area contributed by atoms with Crippen LogP contribution in [0.4, 0.5) is 15.3 Å². The summed E-state index contributed by atoms with van der Waals surface area (Å²) in [5.41, 5.74) is 8.78. The van der Waals surface area contributed by atoms with Crippen LogP contribution in [-0.4, -0.2) is 28.8 Å². The molecular weight excluding hydrogens is 444 g/mol. The lowest BCUT2D eigenvalue weighted by molar-refractivity contribution is 0.0787. The maximum atomic E-state index is 13.4. The predicted molar refractivity (Wildman–Crippen MR) is 135 cm³/mol. The van der Waals surface area contributed by atoms with Crippen LogP contribution in [0.15, 0.2) is 77.7 Å². The normalized spacial score (nSPS) is 17.4.